The van der Waals surface area contributed by atoms with Gasteiger partial charge in [0.05, 0.1) is 11.6 Å². The predicted molar refractivity (Wildman–Crippen MR) is 154 cm³/mol. The fourth-order valence-corrected chi connectivity index (χ4v) is 6.00. The molecule has 0 radical (unpaired) electrons. The lowest BCUT2D eigenvalue weighted by Gasteiger charge is -2.31. The van der Waals surface area contributed by atoms with Crippen molar-refractivity contribution in [2.45, 2.75) is 90.3 Å². The van der Waals surface area contributed by atoms with Crippen molar-refractivity contribution in [3.8, 4) is 5.88 Å². The molecule has 0 aromatic carbocycles. The zero-order valence-electron chi connectivity index (χ0n) is 24.2. The number of nitrogens with one attached hydrogen (secondary N) is 1. The first-order valence-corrected chi connectivity index (χ1v) is 14.8. The molecule has 3 heterocycles. The molecule has 1 saturated carbocycles. The van der Waals surface area contributed by atoms with Crippen LogP contribution in [-0.2, 0) is 24.7 Å². The number of carbonyl (C=O) groups excluding carboxylic acids is 1. The SMILES string of the molecule is C/C=C\c1nn(C)cc1C(CC)C(=O)NC1CCC(CCN2CCc3ccc(OCC(C)F)nc3CC2)CC1. The lowest BCUT2D eigenvalue weighted by Crippen LogP contribution is -2.40. The Morgan fingerprint density at radius 3 is 2.72 bits per heavy atom. The molecule has 7 nitrogen and oxygen atoms in total. The highest BCUT2D eigenvalue weighted by atomic mass is 19.1. The highest BCUT2D eigenvalue weighted by molar-refractivity contribution is 5.84. The largest absolute Gasteiger partial charge is 0.475 e. The third kappa shape index (κ3) is 8.13. The summed E-state index contributed by atoms with van der Waals surface area (Å²) in [7, 11) is 1.91. The Balaban J connectivity index is 1.20. The van der Waals surface area contributed by atoms with Gasteiger partial charge in [0.25, 0.3) is 0 Å². The van der Waals surface area contributed by atoms with Gasteiger partial charge in [0, 0.05) is 56.1 Å². The highest BCUT2D eigenvalue weighted by Crippen LogP contribution is 2.29. The molecule has 1 aliphatic carbocycles. The van der Waals surface area contributed by atoms with Crippen LogP contribution in [-0.4, -0.2) is 64.0 Å². The zero-order chi connectivity index (χ0) is 27.8. The van der Waals surface area contributed by atoms with E-state index in [9.17, 15) is 9.18 Å². The van der Waals surface area contributed by atoms with Crippen molar-refractivity contribution in [2.75, 3.05) is 26.2 Å². The summed E-state index contributed by atoms with van der Waals surface area (Å²) < 4.78 is 20.4. The van der Waals surface area contributed by atoms with Crippen molar-refractivity contribution in [1.29, 1.82) is 0 Å². The zero-order valence-corrected chi connectivity index (χ0v) is 24.2. The lowest BCUT2D eigenvalue weighted by atomic mass is 9.83. The van der Waals surface area contributed by atoms with Gasteiger partial charge in [-0.05, 0) is 82.9 Å². The summed E-state index contributed by atoms with van der Waals surface area (Å²) in [4.78, 5) is 20.4. The topological polar surface area (TPSA) is 72.3 Å². The quantitative estimate of drug-likeness (QED) is 0.423. The number of rotatable bonds is 11. The second-order valence-electron chi connectivity index (χ2n) is 11.3. The fourth-order valence-electron chi connectivity index (χ4n) is 6.00. The highest BCUT2D eigenvalue weighted by Gasteiger charge is 2.28. The van der Waals surface area contributed by atoms with E-state index in [-0.39, 0.29) is 24.5 Å². The van der Waals surface area contributed by atoms with Crippen LogP contribution in [0.15, 0.2) is 24.4 Å². The molecule has 1 aliphatic heterocycles. The average molecular weight is 540 g/mol. The first-order valence-electron chi connectivity index (χ1n) is 14.8. The molecule has 2 aliphatic rings. The van der Waals surface area contributed by atoms with E-state index >= 15 is 0 Å². The second-order valence-corrected chi connectivity index (χ2v) is 11.3. The molecule has 0 spiro atoms. The molecule has 1 N–H and O–H groups in total. The van der Waals surface area contributed by atoms with Crippen molar-refractivity contribution in [2.24, 2.45) is 13.0 Å². The van der Waals surface area contributed by atoms with Crippen LogP contribution in [0, 0.1) is 5.92 Å². The minimum absolute atomic E-state index is 0.0466. The third-order valence-electron chi connectivity index (χ3n) is 8.22. The van der Waals surface area contributed by atoms with Crippen molar-refractivity contribution < 1.29 is 13.9 Å². The van der Waals surface area contributed by atoms with Gasteiger partial charge in [0.1, 0.15) is 12.8 Å². The van der Waals surface area contributed by atoms with Gasteiger partial charge in [0.15, 0.2) is 0 Å². The van der Waals surface area contributed by atoms with Crippen LogP contribution < -0.4 is 10.1 Å². The average Bonchev–Trinajstić information content (AvgIpc) is 3.15. The Morgan fingerprint density at radius 1 is 1.23 bits per heavy atom. The molecule has 39 heavy (non-hydrogen) atoms. The van der Waals surface area contributed by atoms with Gasteiger partial charge in [-0.1, -0.05) is 19.1 Å². The van der Waals surface area contributed by atoms with E-state index in [4.69, 9.17) is 4.74 Å². The lowest BCUT2D eigenvalue weighted by molar-refractivity contribution is -0.123. The van der Waals surface area contributed by atoms with Gasteiger partial charge in [-0.2, -0.15) is 5.10 Å². The number of amides is 1. The Morgan fingerprint density at radius 2 is 2.00 bits per heavy atom. The van der Waals surface area contributed by atoms with E-state index in [0.29, 0.717) is 11.8 Å². The molecule has 2 aromatic heterocycles. The van der Waals surface area contributed by atoms with Gasteiger partial charge in [-0.25, -0.2) is 9.37 Å². The van der Waals surface area contributed by atoms with Gasteiger partial charge >= 0.3 is 0 Å². The predicted octanol–water partition coefficient (Wildman–Crippen LogP) is 5.24. The Bertz CT molecular complexity index is 1110. The molecule has 8 heteroatoms. The minimum Gasteiger partial charge on any atom is -0.475 e. The van der Waals surface area contributed by atoms with E-state index in [1.165, 1.54) is 31.7 Å². The van der Waals surface area contributed by atoms with Gasteiger partial charge < -0.3 is 15.0 Å². The maximum Gasteiger partial charge on any atom is 0.227 e. The summed E-state index contributed by atoms with van der Waals surface area (Å²) in [5.41, 5.74) is 4.27. The number of allylic oxidation sites excluding steroid dienone is 1. The van der Waals surface area contributed by atoms with E-state index in [0.717, 1.165) is 68.7 Å². The smallest absolute Gasteiger partial charge is 0.227 e. The number of ether oxygens (including phenoxy) is 1. The first-order chi connectivity index (χ1) is 18.9. The molecule has 4 rings (SSSR count). The van der Waals surface area contributed by atoms with Crippen LogP contribution in [0.1, 0.15) is 87.7 Å². The monoisotopic (exact) mass is 539 g/mol. The fraction of sp³-hybridized carbons (Fsp3) is 0.645. The van der Waals surface area contributed by atoms with Crippen LogP contribution in [0.25, 0.3) is 6.08 Å². The number of nitrogens with zero attached hydrogens (tertiary/aromatic N) is 4. The summed E-state index contributed by atoms with van der Waals surface area (Å²) in [6.07, 6.45) is 13.2. The molecule has 1 fully saturated rings. The van der Waals surface area contributed by atoms with Gasteiger partial charge in [-0.15, -0.1) is 0 Å². The maximum absolute atomic E-state index is 13.2. The number of pyridine rings is 1. The summed E-state index contributed by atoms with van der Waals surface area (Å²) >= 11 is 0. The number of carbonyl (C=O) groups is 1. The third-order valence-corrected chi connectivity index (χ3v) is 8.22. The standard InChI is InChI=1S/C31H46FN5O2/c1-5-7-29-27(20-36(4)35-29)26(6-2)31(38)33-25-11-8-23(9-12-25)14-17-37-18-15-24-10-13-30(39-21-22(3)32)34-28(24)16-19-37/h5,7,10,13,20,22-23,25-26H,6,8-9,11-12,14-19,21H2,1-4H3,(H,33,38)/b7-5-. The summed E-state index contributed by atoms with van der Waals surface area (Å²) in [5, 5.41) is 7.89. The van der Waals surface area contributed by atoms with Crippen molar-refractivity contribution in [3.05, 3.63) is 46.9 Å². The van der Waals surface area contributed by atoms with Gasteiger partial charge in [0.2, 0.25) is 11.8 Å². The minimum atomic E-state index is -0.996. The number of aromatic nitrogens is 3. The van der Waals surface area contributed by atoms with Crippen LogP contribution in [0.3, 0.4) is 0 Å². The normalized spacial score (nSPS) is 21.8. The van der Waals surface area contributed by atoms with Crippen LogP contribution >= 0.6 is 0 Å². The van der Waals surface area contributed by atoms with Crippen molar-refractivity contribution >= 4 is 12.0 Å². The van der Waals surface area contributed by atoms with E-state index in [1.54, 1.807) is 4.68 Å². The Hall–Kier alpha value is -2.74. The molecule has 0 bridgehead atoms. The number of fused-ring (bicyclic) bond motifs is 1. The summed E-state index contributed by atoms with van der Waals surface area (Å²) in [6.45, 7) is 8.74. The molecular formula is C31H46FN5O2. The first kappa shape index (κ1) is 29.2. The van der Waals surface area contributed by atoms with E-state index in [1.807, 2.05) is 38.4 Å². The number of hydrogen-bond donors (Lipinski definition) is 1. The molecule has 0 saturated heterocycles. The number of hydrogen-bond acceptors (Lipinski definition) is 5. The van der Waals surface area contributed by atoms with Gasteiger partial charge in [-0.3, -0.25) is 9.48 Å². The van der Waals surface area contributed by atoms with Crippen LogP contribution in [0.2, 0.25) is 0 Å². The molecule has 2 atom stereocenters. The summed E-state index contributed by atoms with van der Waals surface area (Å²) in [6, 6.07) is 4.23. The molecule has 1 amide bonds. The molecule has 2 aromatic rings. The molecular weight excluding hydrogens is 493 g/mol. The number of alkyl halides is 1. The Labute approximate surface area is 233 Å². The summed E-state index contributed by atoms with van der Waals surface area (Å²) in [5.74, 6) is 1.20. The Kier molecular flexibility index (Phi) is 10.5. The maximum atomic E-state index is 13.2. The van der Waals surface area contributed by atoms with Crippen molar-refractivity contribution in [3.63, 3.8) is 0 Å². The second kappa shape index (κ2) is 14.1. The van der Waals surface area contributed by atoms with E-state index in [2.05, 4.69) is 33.3 Å². The van der Waals surface area contributed by atoms with Crippen LogP contribution in [0.4, 0.5) is 4.39 Å². The molecule has 214 valence electrons. The number of aryl methyl sites for hydroxylation is 1. The van der Waals surface area contributed by atoms with Crippen molar-refractivity contribution in [1.82, 2.24) is 25.0 Å². The van der Waals surface area contributed by atoms with E-state index < -0.39 is 6.17 Å². The number of halogens is 1. The molecule has 2 unspecified atom stereocenters. The van der Waals surface area contributed by atoms with Crippen LogP contribution in [0.5, 0.6) is 5.88 Å².